The average Bonchev–Trinajstić information content (AvgIpc) is 2.20. The molecular weight excluding hydrogens is 273 g/mol. The molecule has 0 amide bonds. The number of hydrogen-bond donors (Lipinski definition) is 2. The van der Waals surface area contributed by atoms with Gasteiger partial charge in [0.1, 0.15) is 6.61 Å². The fourth-order valence-electron chi connectivity index (χ4n) is 1.18. The van der Waals surface area contributed by atoms with Gasteiger partial charge in [-0.3, -0.25) is 0 Å². The van der Waals surface area contributed by atoms with Crippen molar-refractivity contribution in [1.82, 2.24) is 0 Å². The van der Waals surface area contributed by atoms with Crippen molar-refractivity contribution in [2.45, 2.75) is 6.43 Å². The van der Waals surface area contributed by atoms with Crippen molar-refractivity contribution in [1.29, 1.82) is 0 Å². The normalized spacial score (nSPS) is 10.9. The zero-order valence-corrected chi connectivity index (χ0v) is 10.4. The van der Waals surface area contributed by atoms with Crippen molar-refractivity contribution in [3.05, 3.63) is 22.2 Å². The van der Waals surface area contributed by atoms with Crippen LogP contribution < -0.4 is 11.1 Å². The van der Waals surface area contributed by atoms with E-state index >= 15 is 0 Å². The first kappa shape index (κ1) is 14.3. The highest BCUT2D eigenvalue weighted by Gasteiger charge is 2.07. The smallest absolute Gasteiger partial charge is 0.261 e. The van der Waals surface area contributed by atoms with Gasteiger partial charge in [0.15, 0.2) is 0 Å². The van der Waals surface area contributed by atoms with E-state index in [2.05, 4.69) is 5.32 Å². The number of benzene rings is 1. The summed E-state index contributed by atoms with van der Waals surface area (Å²) in [6.07, 6.45) is -2.46. The second kappa shape index (κ2) is 6.83. The third kappa shape index (κ3) is 4.93. The van der Waals surface area contributed by atoms with Crippen LogP contribution in [0.2, 0.25) is 10.0 Å². The van der Waals surface area contributed by atoms with Crippen LogP contribution in [0.15, 0.2) is 12.1 Å². The number of rotatable bonds is 6. The number of hydrogen-bond acceptors (Lipinski definition) is 3. The second-order valence-corrected chi connectivity index (χ2v) is 4.07. The topological polar surface area (TPSA) is 47.3 Å². The van der Waals surface area contributed by atoms with E-state index in [4.69, 9.17) is 33.7 Å². The molecule has 0 fully saturated rings. The van der Waals surface area contributed by atoms with Gasteiger partial charge in [0, 0.05) is 12.2 Å². The van der Waals surface area contributed by atoms with Crippen molar-refractivity contribution in [3.8, 4) is 0 Å². The number of halogens is 4. The standard InChI is InChI=1S/C10H12Cl2F2N2O/c11-7-3-6(15)4-8(12)10(7)16-1-2-17-5-9(13)14/h3-4,9,16H,1-2,5,15H2. The molecule has 0 aliphatic carbocycles. The molecule has 0 aliphatic rings. The lowest BCUT2D eigenvalue weighted by molar-refractivity contribution is 0.0215. The highest BCUT2D eigenvalue weighted by atomic mass is 35.5. The average molecular weight is 285 g/mol. The fourth-order valence-corrected chi connectivity index (χ4v) is 1.82. The number of nitrogen functional groups attached to an aromatic ring is 1. The molecule has 7 heteroatoms. The van der Waals surface area contributed by atoms with Crippen LogP contribution in [-0.4, -0.2) is 26.2 Å². The molecule has 0 radical (unpaired) electrons. The molecule has 1 aromatic rings. The molecule has 0 saturated carbocycles. The van der Waals surface area contributed by atoms with E-state index in [-0.39, 0.29) is 6.61 Å². The predicted molar refractivity (Wildman–Crippen MR) is 66.2 cm³/mol. The fraction of sp³-hybridized carbons (Fsp3) is 0.400. The van der Waals surface area contributed by atoms with Gasteiger partial charge in [0.2, 0.25) is 0 Å². The molecule has 0 heterocycles. The molecule has 0 aromatic heterocycles. The number of alkyl halides is 2. The van der Waals surface area contributed by atoms with Crippen LogP contribution in [0.4, 0.5) is 20.2 Å². The van der Waals surface area contributed by atoms with Gasteiger partial charge in [-0.05, 0) is 12.1 Å². The van der Waals surface area contributed by atoms with Crippen LogP contribution in [0.25, 0.3) is 0 Å². The van der Waals surface area contributed by atoms with Crippen LogP contribution >= 0.6 is 23.2 Å². The Morgan fingerprint density at radius 2 is 1.88 bits per heavy atom. The van der Waals surface area contributed by atoms with Crippen LogP contribution in [0.1, 0.15) is 0 Å². The Morgan fingerprint density at radius 3 is 2.41 bits per heavy atom. The number of anilines is 2. The van der Waals surface area contributed by atoms with E-state index in [1.807, 2.05) is 0 Å². The molecule has 1 aromatic carbocycles. The van der Waals surface area contributed by atoms with Crippen LogP contribution in [0.3, 0.4) is 0 Å². The van der Waals surface area contributed by atoms with Gasteiger partial charge in [0.25, 0.3) is 6.43 Å². The van der Waals surface area contributed by atoms with Crippen molar-refractivity contribution in [2.75, 3.05) is 30.8 Å². The first-order valence-corrected chi connectivity index (χ1v) is 5.60. The number of ether oxygens (including phenoxy) is 1. The minimum atomic E-state index is -2.46. The molecule has 17 heavy (non-hydrogen) atoms. The zero-order chi connectivity index (χ0) is 12.8. The third-order valence-corrected chi connectivity index (χ3v) is 2.45. The van der Waals surface area contributed by atoms with Crippen molar-refractivity contribution < 1.29 is 13.5 Å². The quantitative estimate of drug-likeness (QED) is 0.623. The van der Waals surface area contributed by atoms with Gasteiger partial charge < -0.3 is 15.8 Å². The van der Waals surface area contributed by atoms with Crippen LogP contribution in [0.5, 0.6) is 0 Å². The summed E-state index contributed by atoms with van der Waals surface area (Å²) >= 11 is 11.8. The molecule has 3 N–H and O–H groups in total. The molecule has 0 aliphatic heterocycles. The Morgan fingerprint density at radius 1 is 1.29 bits per heavy atom. The van der Waals surface area contributed by atoms with Gasteiger partial charge in [-0.25, -0.2) is 8.78 Å². The summed E-state index contributed by atoms with van der Waals surface area (Å²) < 4.78 is 28.2. The van der Waals surface area contributed by atoms with E-state index in [0.29, 0.717) is 28.0 Å². The van der Waals surface area contributed by atoms with Gasteiger partial charge >= 0.3 is 0 Å². The highest BCUT2D eigenvalue weighted by Crippen LogP contribution is 2.32. The minimum Gasteiger partial charge on any atom is -0.399 e. The molecule has 0 atom stereocenters. The van der Waals surface area contributed by atoms with Crippen LogP contribution in [0, 0.1) is 0 Å². The van der Waals surface area contributed by atoms with E-state index in [9.17, 15) is 8.78 Å². The van der Waals surface area contributed by atoms with Crippen LogP contribution in [-0.2, 0) is 4.74 Å². The molecule has 3 nitrogen and oxygen atoms in total. The third-order valence-electron chi connectivity index (χ3n) is 1.86. The molecule has 1 rings (SSSR count). The monoisotopic (exact) mass is 284 g/mol. The molecule has 0 unspecified atom stereocenters. The Hall–Kier alpha value is -0.780. The SMILES string of the molecule is Nc1cc(Cl)c(NCCOCC(F)F)c(Cl)c1. The van der Waals surface area contributed by atoms with Crippen molar-refractivity contribution >= 4 is 34.6 Å². The summed E-state index contributed by atoms with van der Waals surface area (Å²) in [7, 11) is 0. The molecule has 0 bridgehead atoms. The summed E-state index contributed by atoms with van der Waals surface area (Å²) in [6, 6.07) is 3.10. The zero-order valence-electron chi connectivity index (χ0n) is 8.85. The molecule has 0 spiro atoms. The van der Waals surface area contributed by atoms with E-state index in [0.717, 1.165) is 0 Å². The Labute approximate surface area is 108 Å². The Kier molecular flexibility index (Phi) is 5.74. The molecule has 0 saturated heterocycles. The summed E-state index contributed by atoms with van der Waals surface area (Å²) in [4.78, 5) is 0. The number of nitrogens with one attached hydrogen (secondary N) is 1. The Bertz CT molecular complexity index is 354. The van der Waals surface area contributed by atoms with Gasteiger partial charge in [0.05, 0.1) is 22.3 Å². The van der Waals surface area contributed by atoms with Crippen molar-refractivity contribution in [2.24, 2.45) is 0 Å². The van der Waals surface area contributed by atoms with E-state index in [1.54, 1.807) is 12.1 Å². The summed E-state index contributed by atoms with van der Waals surface area (Å²) in [5, 5.41) is 3.65. The van der Waals surface area contributed by atoms with E-state index in [1.165, 1.54) is 0 Å². The highest BCUT2D eigenvalue weighted by molar-refractivity contribution is 6.39. The minimum absolute atomic E-state index is 0.140. The maximum atomic E-state index is 11.8. The lowest BCUT2D eigenvalue weighted by Crippen LogP contribution is -2.13. The summed E-state index contributed by atoms with van der Waals surface area (Å²) in [5.41, 5.74) is 6.51. The lowest BCUT2D eigenvalue weighted by atomic mass is 10.3. The predicted octanol–water partition coefficient (Wildman–Crippen LogP) is 3.27. The van der Waals surface area contributed by atoms with Gasteiger partial charge in [-0.2, -0.15) is 0 Å². The van der Waals surface area contributed by atoms with Gasteiger partial charge in [-0.1, -0.05) is 23.2 Å². The summed E-state index contributed by atoms with van der Waals surface area (Å²) in [6.45, 7) is -0.109. The Balaban J connectivity index is 2.42. The maximum Gasteiger partial charge on any atom is 0.261 e. The molecule has 96 valence electrons. The lowest BCUT2D eigenvalue weighted by Gasteiger charge is -2.11. The largest absolute Gasteiger partial charge is 0.399 e. The molecular formula is C10H12Cl2F2N2O. The second-order valence-electron chi connectivity index (χ2n) is 3.25. The van der Waals surface area contributed by atoms with Gasteiger partial charge in [-0.15, -0.1) is 0 Å². The first-order valence-electron chi connectivity index (χ1n) is 4.85. The first-order chi connectivity index (χ1) is 8.00. The number of nitrogens with two attached hydrogens (primary N) is 1. The van der Waals surface area contributed by atoms with E-state index < -0.39 is 13.0 Å². The summed E-state index contributed by atoms with van der Waals surface area (Å²) in [5.74, 6) is 0. The van der Waals surface area contributed by atoms with Crippen molar-refractivity contribution in [3.63, 3.8) is 0 Å². The maximum absolute atomic E-state index is 11.8.